The number of rotatable bonds is 2. The van der Waals surface area contributed by atoms with Crippen molar-refractivity contribution in [3.8, 4) is 0 Å². The van der Waals surface area contributed by atoms with E-state index in [0.717, 1.165) is 10.1 Å². The van der Waals surface area contributed by atoms with Crippen LogP contribution in [0.3, 0.4) is 0 Å². The number of H-pyrrole nitrogens is 1. The van der Waals surface area contributed by atoms with Crippen molar-refractivity contribution in [3.05, 3.63) is 68.5 Å². The molecule has 0 amide bonds. The van der Waals surface area contributed by atoms with E-state index in [1.807, 2.05) is 37.3 Å². The Morgan fingerprint density at radius 3 is 2.41 bits per heavy atom. The van der Waals surface area contributed by atoms with E-state index >= 15 is 0 Å². The lowest BCUT2D eigenvalue weighted by atomic mass is 9.98. The Morgan fingerprint density at radius 1 is 1.18 bits per heavy atom. The largest absolute Gasteiger partial charge is 0.328 e. The molecule has 0 aliphatic rings. The fourth-order valence-corrected chi connectivity index (χ4v) is 1.73. The molecule has 0 aliphatic carbocycles. The van der Waals surface area contributed by atoms with Crippen molar-refractivity contribution in [3.63, 3.8) is 0 Å². The Labute approximate surface area is 98.6 Å². The van der Waals surface area contributed by atoms with Crippen LogP contribution in [-0.4, -0.2) is 9.55 Å². The second kappa shape index (κ2) is 4.41. The summed E-state index contributed by atoms with van der Waals surface area (Å²) in [5.41, 5.74) is 1.04. The molecule has 0 radical (unpaired) electrons. The third kappa shape index (κ3) is 2.20. The lowest BCUT2D eigenvalue weighted by molar-refractivity contribution is 0.735. The maximum atomic E-state index is 11.5. The minimum atomic E-state index is -0.379. The lowest BCUT2D eigenvalue weighted by Crippen LogP contribution is -2.33. The maximum Gasteiger partial charge on any atom is 0.328 e. The Kier molecular flexibility index (Phi) is 2.95. The van der Waals surface area contributed by atoms with Gasteiger partial charge in [0, 0.05) is 24.7 Å². The molecule has 1 atom stereocenters. The molecule has 0 spiro atoms. The molecule has 1 N–H and O–H groups in total. The fraction of sp³-hybridized carbons (Fsp3) is 0.231. The predicted octanol–water partition coefficient (Wildman–Crippen LogP) is 1.23. The summed E-state index contributed by atoms with van der Waals surface area (Å²) in [5.74, 6) is -0.00204. The first-order valence-electron chi connectivity index (χ1n) is 5.45. The quantitative estimate of drug-likeness (QED) is 0.843. The maximum absolute atomic E-state index is 11.5. The molecule has 1 heterocycles. The normalized spacial score (nSPS) is 12.4. The average Bonchev–Trinajstić information content (AvgIpc) is 2.35. The molecule has 88 valence electrons. The van der Waals surface area contributed by atoms with Crippen LogP contribution < -0.4 is 11.2 Å². The van der Waals surface area contributed by atoms with Crippen LogP contribution in [0, 0.1) is 0 Å². The predicted molar refractivity (Wildman–Crippen MR) is 66.3 cm³/mol. The standard InChI is InChI=1S/C13H14N2O2/c1-9(10-6-4-3-5-7-10)11-8-12(16)15(2)13(17)14-11/h3-9H,1-2H3,(H,14,17)/t9-/m1/s1. The molecule has 0 unspecified atom stereocenters. The molecule has 1 aromatic heterocycles. The molecule has 4 heteroatoms. The zero-order valence-corrected chi connectivity index (χ0v) is 9.81. The summed E-state index contributed by atoms with van der Waals surface area (Å²) in [7, 11) is 1.46. The minimum Gasteiger partial charge on any atom is -0.310 e. The molecular formula is C13H14N2O2. The number of aromatic nitrogens is 2. The van der Waals surface area contributed by atoms with Gasteiger partial charge in [-0.15, -0.1) is 0 Å². The Hall–Kier alpha value is -2.10. The van der Waals surface area contributed by atoms with Crippen LogP contribution in [0.25, 0.3) is 0 Å². The van der Waals surface area contributed by atoms with Gasteiger partial charge in [0.1, 0.15) is 0 Å². The number of nitrogens with one attached hydrogen (secondary N) is 1. The van der Waals surface area contributed by atoms with Gasteiger partial charge in [0.05, 0.1) is 0 Å². The lowest BCUT2D eigenvalue weighted by Gasteiger charge is -2.11. The fourth-order valence-electron chi connectivity index (χ4n) is 1.73. The van der Waals surface area contributed by atoms with E-state index in [9.17, 15) is 9.59 Å². The van der Waals surface area contributed by atoms with Gasteiger partial charge in [-0.3, -0.25) is 9.36 Å². The van der Waals surface area contributed by atoms with E-state index in [0.29, 0.717) is 5.69 Å². The second-order valence-electron chi connectivity index (χ2n) is 4.06. The van der Waals surface area contributed by atoms with Gasteiger partial charge in [-0.05, 0) is 5.56 Å². The molecule has 2 rings (SSSR count). The molecule has 0 bridgehead atoms. The van der Waals surface area contributed by atoms with Gasteiger partial charge in [-0.1, -0.05) is 37.3 Å². The van der Waals surface area contributed by atoms with Crippen molar-refractivity contribution in [2.75, 3.05) is 0 Å². The van der Waals surface area contributed by atoms with Crippen molar-refractivity contribution in [1.82, 2.24) is 9.55 Å². The molecule has 0 saturated heterocycles. The number of aromatic amines is 1. The molecule has 4 nitrogen and oxygen atoms in total. The molecule has 0 saturated carbocycles. The number of hydrogen-bond donors (Lipinski definition) is 1. The van der Waals surface area contributed by atoms with Crippen LogP contribution in [0.15, 0.2) is 46.0 Å². The van der Waals surface area contributed by atoms with E-state index in [2.05, 4.69) is 4.98 Å². The molecule has 0 fully saturated rings. The van der Waals surface area contributed by atoms with Crippen LogP contribution >= 0.6 is 0 Å². The summed E-state index contributed by atoms with van der Waals surface area (Å²) in [6.07, 6.45) is 0. The van der Waals surface area contributed by atoms with Crippen molar-refractivity contribution in [2.45, 2.75) is 12.8 Å². The van der Waals surface area contributed by atoms with E-state index in [1.54, 1.807) is 0 Å². The van der Waals surface area contributed by atoms with Crippen molar-refractivity contribution >= 4 is 0 Å². The van der Waals surface area contributed by atoms with Crippen LogP contribution in [0.1, 0.15) is 24.1 Å². The highest BCUT2D eigenvalue weighted by Crippen LogP contribution is 2.19. The minimum absolute atomic E-state index is 0.00204. The molecular weight excluding hydrogens is 216 g/mol. The van der Waals surface area contributed by atoms with Gasteiger partial charge in [0.2, 0.25) is 0 Å². The highest BCUT2D eigenvalue weighted by Gasteiger charge is 2.10. The van der Waals surface area contributed by atoms with Gasteiger partial charge in [0.25, 0.3) is 5.56 Å². The van der Waals surface area contributed by atoms with Gasteiger partial charge in [0.15, 0.2) is 0 Å². The first-order chi connectivity index (χ1) is 8.09. The summed E-state index contributed by atoms with van der Waals surface area (Å²) in [5, 5.41) is 0. The Morgan fingerprint density at radius 2 is 1.82 bits per heavy atom. The van der Waals surface area contributed by atoms with Crippen molar-refractivity contribution < 1.29 is 0 Å². The molecule has 0 aliphatic heterocycles. The monoisotopic (exact) mass is 230 g/mol. The smallest absolute Gasteiger partial charge is 0.310 e. The van der Waals surface area contributed by atoms with Crippen LogP contribution in [0.4, 0.5) is 0 Å². The zero-order chi connectivity index (χ0) is 12.4. The SMILES string of the molecule is C[C@H](c1ccccc1)c1cc(=O)n(C)c(=O)[nH]1. The van der Waals surface area contributed by atoms with Crippen molar-refractivity contribution in [2.24, 2.45) is 7.05 Å². The van der Waals surface area contributed by atoms with E-state index < -0.39 is 0 Å². The number of nitrogens with zero attached hydrogens (tertiary/aromatic N) is 1. The van der Waals surface area contributed by atoms with Crippen LogP contribution in [0.2, 0.25) is 0 Å². The highest BCUT2D eigenvalue weighted by molar-refractivity contribution is 5.26. The Balaban J connectivity index is 2.49. The third-order valence-electron chi connectivity index (χ3n) is 2.93. The second-order valence-corrected chi connectivity index (χ2v) is 4.06. The van der Waals surface area contributed by atoms with Crippen LogP contribution in [0.5, 0.6) is 0 Å². The average molecular weight is 230 g/mol. The molecule has 1 aromatic carbocycles. The first-order valence-corrected chi connectivity index (χ1v) is 5.45. The van der Waals surface area contributed by atoms with E-state index in [4.69, 9.17) is 0 Å². The van der Waals surface area contributed by atoms with Gasteiger partial charge >= 0.3 is 5.69 Å². The topological polar surface area (TPSA) is 54.9 Å². The number of hydrogen-bond acceptors (Lipinski definition) is 2. The molecule has 17 heavy (non-hydrogen) atoms. The van der Waals surface area contributed by atoms with Gasteiger partial charge in [-0.25, -0.2) is 4.79 Å². The molecule has 2 aromatic rings. The van der Waals surface area contributed by atoms with Crippen molar-refractivity contribution in [1.29, 1.82) is 0 Å². The summed E-state index contributed by atoms with van der Waals surface area (Å²) in [4.78, 5) is 25.8. The van der Waals surface area contributed by atoms with Crippen LogP contribution in [-0.2, 0) is 7.05 Å². The first kappa shape index (κ1) is 11.4. The van der Waals surface area contributed by atoms with Gasteiger partial charge < -0.3 is 4.98 Å². The zero-order valence-electron chi connectivity index (χ0n) is 9.81. The summed E-state index contributed by atoms with van der Waals surface area (Å²) in [6, 6.07) is 11.2. The van der Waals surface area contributed by atoms with E-state index in [-0.39, 0.29) is 17.2 Å². The van der Waals surface area contributed by atoms with Gasteiger partial charge in [-0.2, -0.15) is 0 Å². The number of benzene rings is 1. The summed E-state index contributed by atoms with van der Waals surface area (Å²) >= 11 is 0. The summed E-state index contributed by atoms with van der Waals surface area (Å²) in [6.45, 7) is 1.96. The van der Waals surface area contributed by atoms with E-state index in [1.165, 1.54) is 13.1 Å². The summed E-state index contributed by atoms with van der Waals surface area (Å²) < 4.78 is 1.06. The highest BCUT2D eigenvalue weighted by atomic mass is 16.2. The Bertz CT molecular complexity index is 595. The third-order valence-corrected chi connectivity index (χ3v) is 2.93.